The summed E-state index contributed by atoms with van der Waals surface area (Å²) in [7, 11) is 0. The van der Waals surface area contributed by atoms with E-state index >= 15 is 0 Å². The van der Waals surface area contributed by atoms with Crippen LogP contribution < -0.4 is 0 Å². The lowest BCUT2D eigenvalue weighted by Crippen LogP contribution is -2.19. The van der Waals surface area contributed by atoms with Gasteiger partial charge in [0.25, 0.3) is 0 Å². The maximum absolute atomic E-state index is 10.8. The topological polar surface area (TPSA) is 34.9 Å². The fourth-order valence-corrected chi connectivity index (χ4v) is 2.26. The standard InChI is InChI=1S/C9H11ClN2O/c1-6-11-9(10)8-4-2-3-7(5-13)12(6)8/h5,7H,2-4H2,1H3. The minimum atomic E-state index is -0.0521. The summed E-state index contributed by atoms with van der Waals surface area (Å²) in [5, 5.41) is 0.559. The summed E-state index contributed by atoms with van der Waals surface area (Å²) in [5.74, 6) is 0.844. The van der Waals surface area contributed by atoms with Gasteiger partial charge in [0, 0.05) is 0 Å². The number of nitrogens with zero attached hydrogens (tertiary/aromatic N) is 2. The molecule has 1 aromatic rings. The highest BCUT2D eigenvalue weighted by molar-refractivity contribution is 6.30. The minimum absolute atomic E-state index is 0.0521. The second-order valence-corrected chi connectivity index (χ2v) is 3.72. The first-order valence-electron chi connectivity index (χ1n) is 4.42. The van der Waals surface area contributed by atoms with Crippen LogP contribution in [0.2, 0.25) is 5.15 Å². The van der Waals surface area contributed by atoms with Gasteiger partial charge in [-0.2, -0.15) is 0 Å². The Labute approximate surface area is 81.7 Å². The van der Waals surface area contributed by atoms with Gasteiger partial charge in [-0.3, -0.25) is 0 Å². The molecule has 13 heavy (non-hydrogen) atoms. The summed E-state index contributed by atoms with van der Waals surface area (Å²) < 4.78 is 1.96. The lowest BCUT2D eigenvalue weighted by Gasteiger charge is -2.22. The molecule has 2 heterocycles. The Hall–Kier alpha value is -0.830. The molecular weight excluding hydrogens is 188 g/mol. The molecule has 0 saturated carbocycles. The van der Waals surface area contributed by atoms with E-state index in [1.165, 1.54) is 0 Å². The average molecular weight is 199 g/mol. The van der Waals surface area contributed by atoms with E-state index in [1.807, 2.05) is 11.5 Å². The molecule has 3 nitrogen and oxygen atoms in total. The van der Waals surface area contributed by atoms with Crippen molar-refractivity contribution in [3.63, 3.8) is 0 Å². The number of aldehydes is 1. The molecule has 1 atom stereocenters. The summed E-state index contributed by atoms with van der Waals surface area (Å²) in [4.78, 5) is 15.0. The molecule has 1 aliphatic heterocycles. The Balaban J connectivity index is 2.54. The van der Waals surface area contributed by atoms with Crippen LogP contribution in [-0.4, -0.2) is 15.8 Å². The number of rotatable bonds is 1. The molecule has 0 spiro atoms. The fraction of sp³-hybridized carbons (Fsp3) is 0.556. The van der Waals surface area contributed by atoms with E-state index in [0.717, 1.165) is 37.1 Å². The van der Waals surface area contributed by atoms with Crippen molar-refractivity contribution in [3.05, 3.63) is 16.7 Å². The third kappa shape index (κ3) is 1.27. The van der Waals surface area contributed by atoms with Crippen LogP contribution in [0.4, 0.5) is 0 Å². The Morgan fingerprint density at radius 2 is 2.46 bits per heavy atom. The van der Waals surface area contributed by atoms with Gasteiger partial charge < -0.3 is 9.36 Å². The third-order valence-electron chi connectivity index (χ3n) is 2.54. The van der Waals surface area contributed by atoms with E-state index in [2.05, 4.69) is 4.98 Å². The van der Waals surface area contributed by atoms with Gasteiger partial charge in [0.05, 0.1) is 11.7 Å². The zero-order valence-electron chi connectivity index (χ0n) is 7.46. The van der Waals surface area contributed by atoms with E-state index in [-0.39, 0.29) is 6.04 Å². The highest BCUT2D eigenvalue weighted by Crippen LogP contribution is 2.29. The molecule has 0 radical (unpaired) electrons. The van der Waals surface area contributed by atoms with Gasteiger partial charge in [0.2, 0.25) is 0 Å². The molecule has 70 valence electrons. The van der Waals surface area contributed by atoms with Crippen LogP contribution in [-0.2, 0) is 11.2 Å². The molecule has 4 heteroatoms. The van der Waals surface area contributed by atoms with Gasteiger partial charge in [-0.1, -0.05) is 11.6 Å². The largest absolute Gasteiger partial charge is 0.320 e. The summed E-state index contributed by atoms with van der Waals surface area (Å²) in [6, 6.07) is -0.0521. The van der Waals surface area contributed by atoms with Crippen molar-refractivity contribution in [2.75, 3.05) is 0 Å². The van der Waals surface area contributed by atoms with E-state index in [1.54, 1.807) is 0 Å². The van der Waals surface area contributed by atoms with Crippen molar-refractivity contribution in [3.8, 4) is 0 Å². The van der Waals surface area contributed by atoms with E-state index in [4.69, 9.17) is 11.6 Å². The summed E-state index contributed by atoms with van der Waals surface area (Å²) in [6.07, 6.45) is 3.84. The minimum Gasteiger partial charge on any atom is -0.320 e. The van der Waals surface area contributed by atoms with Crippen molar-refractivity contribution in [2.45, 2.75) is 32.2 Å². The maximum Gasteiger partial charge on any atom is 0.150 e. The first kappa shape index (κ1) is 8.75. The molecular formula is C9H11ClN2O. The number of aromatic nitrogens is 2. The zero-order chi connectivity index (χ0) is 9.42. The predicted molar refractivity (Wildman–Crippen MR) is 50.0 cm³/mol. The maximum atomic E-state index is 10.8. The number of halogens is 1. The second-order valence-electron chi connectivity index (χ2n) is 3.36. The van der Waals surface area contributed by atoms with Gasteiger partial charge in [0.1, 0.15) is 12.1 Å². The van der Waals surface area contributed by atoms with Gasteiger partial charge in [-0.05, 0) is 26.2 Å². The first-order valence-corrected chi connectivity index (χ1v) is 4.80. The van der Waals surface area contributed by atoms with E-state index < -0.39 is 0 Å². The number of carbonyl (C=O) groups excluding carboxylic acids is 1. The highest BCUT2D eigenvalue weighted by atomic mass is 35.5. The smallest absolute Gasteiger partial charge is 0.150 e. The van der Waals surface area contributed by atoms with Gasteiger partial charge in [-0.15, -0.1) is 0 Å². The number of hydrogen-bond acceptors (Lipinski definition) is 2. The fourth-order valence-electron chi connectivity index (χ4n) is 1.96. The Morgan fingerprint density at radius 3 is 3.15 bits per heavy atom. The van der Waals surface area contributed by atoms with Gasteiger partial charge in [-0.25, -0.2) is 4.98 Å². The van der Waals surface area contributed by atoms with Crippen molar-refractivity contribution in [2.24, 2.45) is 0 Å². The van der Waals surface area contributed by atoms with Crippen LogP contribution >= 0.6 is 11.6 Å². The van der Waals surface area contributed by atoms with Crippen molar-refractivity contribution < 1.29 is 4.79 Å². The molecule has 0 N–H and O–H groups in total. The molecule has 0 aliphatic carbocycles. The number of imidazole rings is 1. The molecule has 1 unspecified atom stereocenters. The predicted octanol–water partition coefficient (Wildman–Crippen LogP) is 1.92. The third-order valence-corrected chi connectivity index (χ3v) is 2.84. The van der Waals surface area contributed by atoms with Crippen molar-refractivity contribution in [1.82, 2.24) is 9.55 Å². The number of fused-ring (bicyclic) bond motifs is 1. The lowest BCUT2D eigenvalue weighted by atomic mass is 10.0. The van der Waals surface area contributed by atoms with Crippen LogP contribution in [0.5, 0.6) is 0 Å². The van der Waals surface area contributed by atoms with Gasteiger partial charge in [0.15, 0.2) is 5.15 Å². The van der Waals surface area contributed by atoms with Crippen molar-refractivity contribution in [1.29, 1.82) is 0 Å². The first-order chi connectivity index (χ1) is 6.24. The summed E-state index contributed by atoms with van der Waals surface area (Å²) in [6.45, 7) is 1.89. The number of carbonyl (C=O) groups is 1. The normalized spacial score (nSPS) is 21.2. The summed E-state index contributed by atoms with van der Waals surface area (Å²) in [5.41, 5.74) is 1.02. The van der Waals surface area contributed by atoms with Crippen LogP contribution in [0.1, 0.15) is 30.4 Å². The highest BCUT2D eigenvalue weighted by Gasteiger charge is 2.23. The van der Waals surface area contributed by atoms with Crippen molar-refractivity contribution >= 4 is 17.9 Å². The van der Waals surface area contributed by atoms with Crippen LogP contribution in [0.25, 0.3) is 0 Å². The van der Waals surface area contributed by atoms with E-state index in [0.29, 0.717) is 5.15 Å². The molecule has 2 rings (SSSR count). The number of hydrogen-bond donors (Lipinski definition) is 0. The molecule has 0 amide bonds. The zero-order valence-corrected chi connectivity index (χ0v) is 8.21. The molecule has 0 bridgehead atoms. The Kier molecular flexibility index (Phi) is 2.12. The number of aryl methyl sites for hydroxylation is 1. The Morgan fingerprint density at radius 1 is 1.69 bits per heavy atom. The van der Waals surface area contributed by atoms with Crippen LogP contribution in [0.15, 0.2) is 0 Å². The quantitative estimate of drug-likeness (QED) is 0.647. The SMILES string of the molecule is Cc1nc(Cl)c2n1C(C=O)CCC2. The van der Waals surface area contributed by atoms with Gasteiger partial charge >= 0.3 is 0 Å². The molecule has 1 aliphatic rings. The van der Waals surface area contributed by atoms with E-state index in [9.17, 15) is 4.79 Å². The lowest BCUT2D eigenvalue weighted by molar-refractivity contribution is -0.111. The monoisotopic (exact) mass is 198 g/mol. The molecule has 1 aromatic heterocycles. The molecule has 0 fully saturated rings. The average Bonchev–Trinajstić information content (AvgIpc) is 2.43. The Bertz CT molecular complexity index is 346. The van der Waals surface area contributed by atoms with Crippen LogP contribution in [0.3, 0.4) is 0 Å². The molecule has 0 saturated heterocycles. The molecule has 0 aromatic carbocycles. The second kappa shape index (κ2) is 3.14. The van der Waals surface area contributed by atoms with Crippen LogP contribution in [0, 0.1) is 6.92 Å². The summed E-state index contributed by atoms with van der Waals surface area (Å²) >= 11 is 5.94.